The van der Waals surface area contributed by atoms with Crippen LogP contribution in [0.15, 0.2) is 36.7 Å². The van der Waals surface area contributed by atoms with Crippen molar-refractivity contribution in [1.82, 2.24) is 4.98 Å². The maximum Gasteiger partial charge on any atom is 0.0486 e. The molecule has 1 aromatic heterocycles. The topological polar surface area (TPSA) is 48.1 Å². The van der Waals surface area contributed by atoms with E-state index in [9.17, 15) is 0 Å². The predicted molar refractivity (Wildman–Crippen MR) is 72.3 cm³/mol. The number of hydrogen-bond donors (Lipinski definition) is 1. The Morgan fingerprint density at radius 2 is 2.11 bits per heavy atom. The van der Waals surface area contributed by atoms with E-state index >= 15 is 0 Å². The van der Waals surface area contributed by atoms with Crippen molar-refractivity contribution in [3.8, 4) is 0 Å². The molecule has 18 heavy (non-hydrogen) atoms. The van der Waals surface area contributed by atoms with Gasteiger partial charge in [0.15, 0.2) is 0 Å². The first-order valence-electron chi connectivity index (χ1n) is 6.49. The van der Waals surface area contributed by atoms with Crippen molar-refractivity contribution in [1.29, 1.82) is 0 Å². The lowest BCUT2D eigenvalue weighted by atomic mass is 9.82. The van der Waals surface area contributed by atoms with E-state index in [1.165, 1.54) is 16.3 Å². The van der Waals surface area contributed by atoms with E-state index in [0.29, 0.717) is 0 Å². The highest BCUT2D eigenvalue weighted by atomic mass is 16.5. The molecule has 2 N–H and O–H groups in total. The number of ether oxygens (including phenoxy) is 1. The smallest absolute Gasteiger partial charge is 0.0486 e. The zero-order valence-corrected chi connectivity index (χ0v) is 10.4. The van der Waals surface area contributed by atoms with Crippen LogP contribution < -0.4 is 5.73 Å². The Morgan fingerprint density at radius 1 is 1.17 bits per heavy atom. The molecule has 3 rings (SSSR count). The summed E-state index contributed by atoms with van der Waals surface area (Å²) >= 11 is 0. The summed E-state index contributed by atoms with van der Waals surface area (Å²) in [4.78, 5) is 4.24. The van der Waals surface area contributed by atoms with Crippen LogP contribution in [-0.4, -0.2) is 18.2 Å². The van der Waals surface area contributed by atoms with Crippen LogP contribution >= 0.6 is 0 Å². The third kappa shape index (κ3) is 2.00. The average molecular weight is 242 g/mol. The zero-order chi connectivity index (χ0) is 12.4. The van der Waals surface area contributed by atoms with Gasteiger partial charge in [-0.15, -0.1) is 0 Å². The van der Waals surface area contributed by atoms with Crippen LogP contribution in [0.5, 0.6) is 0 Å². The molecule has 0 amide bonds. The van der Waals surface area contributed by atoms with Crippen molar-refractivity contribution in [3.05, 3.63) is 42.2 Å². The first-order chi connectivity index (χ1) is 8.80. The molecule has 1 aromatic carbocycles. The van der Waals surface area contributed by atoms with Gasteiger partial charge in [-0.3, -0.25) is 4.98 Å². The van der Waals surface area contributed by atoms with E-state index in [0.717, 1.165) is 32.5 Å². The van der Waals surface area contributed by atoms with Gasteiger partial charge in [-0.25, -0.2) is 0 Å². The molecule has 0 saturated carbocycles. The number of hydrogen-bond acceptors (Lipinski definition) is 3. The Balaban J connectivity index is 2.12. The highest BCUT2D eigenvalue weighted by Crippen LogP contribution is 2.34. The van der Waals surface area contributed by atoms with Crippen LogP contribution in [0.25, 0.3) is 10.8 Å². The summed E-state index contributed by atoms with van der Waals surface area (Å²) in [5, 5.41) is 2.38. The van der Waals surface area contributed by atoms with Crippen molar-refractivity contribution in [2.75, 3.05) is 13.2 Å². The minimum absolute atomic E-state index is 0.279. The number of fused-ring (bicyclic) bond motifs is 1. The van der Waals surface area contributed by atoms with E-state index in [1.807, 2.05) is 18.5 Å². The fraction of sp³-hybridized carbons (Fsp3) is 0.400. The quantitative estimate of drug-likeness (QED) is 0.836. The summed E-state index contributed by atoms with van der Waals surface area (Å²) in [6.07, 6.45) is 6.62. The third-order valence-electron chi connectivity index (χ3n) is 3.82. The summed E-state index contributed by atoms with van der Waals surface area (Å²) in [6.45, 7) is 1.56. The first-order valence-corrected chi connectivity index (χ1v) is 6.49. The zero-order valence-electron chi connectivity index (χ0n) is 10.4. The lowest BCUT2D eigenvalue weighted by Gasteiger charge is -2.29. The second kappa shape index (κ2) is 4.67. The van der Waals surface area contributed by atoms with Gasteiger partial charge in [0.1, 0.15) is 0 Å². The minimum atomic E-state index is -0.279. The Labute approximate surface area is 107 Å². The molecular formula is C15H18N2O. The predicted octanol–water partition coefficient (Wildman–Crippen LogP) is 2.59. The number of nitrogens with two attached hydrogens (primary N) is 1. The summed E-state index contributed by atoms with van der Waals surface area (Å²) < 4.78 is 5.53. The fourth-order valence-electron chi connectivity index (χ4n) is 2.79. The normalized spacial score (nSPS) is 24.9. The summed E-state index contributed by atoms with van der Waals surface area (Å²) in [6, 6.07) is 8.36. The van der Waals surface area contributed by atoms with Crippen LogP contribution in [0.3, 0.4) is 0 Å². The summed E-state index contributed by atoms with van der Waals surface area (Å²) in [5.41, 5.74) is 7.57. The van der Waals surface area contributed by atoms with Crippen LogP contribution in [0.4, 0.5) is 0 Å². The fourth-order valence-corrected chi connectivity index (χ4v) is 2.79. The molecule has 2 aromatic rings. The minimum Gasteiger partial charge on any atom is -0.381 e. The maximum absolute atomic E-state index is 6.64. The molecule has 0 radical (unpaired) electrons. The number of rotatable bonds is 1. The molecule has 1 atom stereocenters. The SMILES string of the molecule is NC1(c2cccc3ccncc23)CCCOCC1. The van der Waals surface area contributed by atoms with Crippen molar-refractivity contribution in [3.63, 3.8) is 0 Å². The summed E-state index contributed by atoms with van der Waals surface area (Å²) in [7, 11) is 0. The molecule has 94 valence electrons. The number of nitrogens with zero attached hydrogens (tertiary/aromatic N) is 1. The van der Waals surface area contributed by atoms with E-state index in [2.05, 4.69) is 23.2 Å². The van der Waals surface area contributed by atoms with Gasteiger partial charge in [-0.05, 0) is 36.3 Å². The van der Waals surface area contributed by atoms with Crippen LogP contribution in [0, 0.1) is 0 Å². The van der Waals surface area contributed by atoms with Crippen molar-refractivity contribution >= 4 is 10.8 Å². The molecular weight excluding hydrogens is 224 g/mol. The standard InChI is InChI=1S/C15H18N2O/c16-15(6-2-9-18-10-7-15)14-4-1-3-12-5-8-17-11-13(12)14/h1,3-5,8,11H,2,6-7,9-10,16H2. The maximum atomic E-state index is 6.64. The van der Waals surface area contributed by atoms with Crippen molar-refractivity contribution in [2.24, 2.45) is 5.73 Å². The number of aromatic nitrogens is 1. The highest BCUT2D eigenvalue weighted by Gasteiger charge is 2.30. The number of pyridine rings is 1. The van der Waals surface area contributed by atoms with Crippen molar-refractivity contribution < 1.29 is 4.74 Å². The van der Waals surface area contributed by atoms with Gasteiger partial charge in [0.2, 0.25) is 0 Å². The van der Waals surface area contributed by atoms with E-state index < -0.39 is 0 Å². The molecule has 0 spiro atoms. The monoisotopic (exact) mass is 242 g/mol. The Hall–Kier alpha value is -1.45. The van der Waals surface area contributed by atoms with E-state index in [-0.39, 0.29) is 5.54 Å². The molecule has 3 heteroatoms. The molecule has 1 fully saturated rings. The van der Waals surface area contributed by atoms with Crippen LogP contribution in [0.2, 0.25) is 0 Å². The van der Waals surface area contributed by atoms with Gasteiger partial charge in [0, 0.05) is 36.5 Å². The molecule has 3 nitrogen and oxygen atoms in total. The van der Waals surface area contributed by atoms with Crippen molar-refractivity contribution in [2.45, 2.75) is 24.8 Å². The molecule has 1 aliphatic rings. The molecule has 0 aliphatic carbocycles. The van der Waals surface area contributed by atoms with Gasteiger partial charge in [0.25, 0.3) is 0 Å². The average Bonchev–Trinajstić information content (AvgIpc) is 2.64. The second-order valence-electron chi connectivity index (χ2n) is 5.02. The van der Waals surface area contributed by atoms with Crippen LogP contribution in [-0.2, 0) is 10.3 Å². The van der Waals surface area contributed by atoms with E-state index in [4.69, 9.17) is 10.5 Å². The third-order valence-corrected chi connectivity index (χ3v) is 3.82. The molecule has 0 bridgehead atoms. The molecule has 1 saturated heterocycles. The number of benzene rings is 1. The Bertz CT molecular complexity index is 540. The van der Waals surface area contributed by atoms with Gasteiger partial charge < -0.3 is 10.5 Å². The highest BCUT2D eigenvalue weighted by molar-refractivity contribution is 5.85. The largest absolute Gasteiger partial charge is 0.381 e. The van der Waals surface area contributed by atoms with Crippen LogP contribution in [0.1, 0.15) is 24.8 Å². The Morgan fingerprint density at radius 3 is 3.06 bits per heavy atom. The second-order valence-corrected chi connectivity index (χ2v) is 5.02. The van der Waals surface area contributed by atoms with E-state index in [1.54, 1.807) is 0 Å². The Kier molecular flexibility index (Phi) is 3.02. The van der Waals surface area contributed by atoms with Gasteiger partial charge in [-0.2, -0.15) is 0 Å². The summed E-state index contributed by atoms with van der Waals surface area (Å²) in [5.74, 6) is 0. The molecule has 1 aliphatic heterocycles. The van der Waals surface area contributed by atoms with Gasteiger partial charge in [0.05, 0.1) is 0 Å². The molecule has 2 heterocycles. The lowest BCUT2D eigenvalue weighted by Crippen LogP contribution is -2.37. The van der Waals surface area contributed by atoms with Gasteiger partial charge in [-0.1, -0.05) is 18.2 Å². The first kappa shape index (κ1) is 11.6. The lowest BCUT2D eigenvalue weighted by molar-refractivity contribution is 0.139. The van der Waals surface area contributed by atoms with Gasteiger partial charge >= 0.3 is 0 Å². The molecule has 1 unspecified atom stereocenters.